The lowest BCUT2D eigenvalue weighted by molar-refractivity contribution is -0.132. The molecule has 2 aromatic carbocycles. The van der Waals surface area contributed by atoms with Crippen molar-refractivity contribution < 1.29 is 9.59 Å². The third kappa shape index (κ3) is 5.11. The Hall–Kier alpha value is -3.48. The molecule has 0 unspecified atom stereocenters. The van der Waals surface area contributed by atoms with Gasteiger partial charge in [-0.2, -0.15) is 0 Å². The molecule has 0 bridgehead atoms. The van der Waals surface area contributed by atoms with E-state index in [0.717, 1.165) is 11.1 Å². The van der Waals surface area contributed by atoms with E-state index in [9.17, 15) is 14.4 Å². The molecular formula is C23H26N4O3. The zero-order valence-electron chi connectivity index (χ0n) is 17.4. The quantitative estimate of drug-likeness (QED) is 0.631. The summed E-state index contributed by atoms with van der Waals surface area (Å²) in [5, 5.41) is 3.38. The van der Waals surface area contributed by atoms with Gasteiger partial charge in [-0.05, 0) is 31.5 Å². The molecule has 0 aliphatic carbocycles. The van der Waals surface area contributed by atoms with Crippen LogP contribution < -0.4 is 10.9 Å². The molecule has 2 N–H and O–H groups in total. The first-order valence-electron chi connectivity index (χ1n) is 9.96. The lowest BCUT2D eigenvalue weighted by Gasteiger charge is -2.24. The molecule has 0 aliphatic rings. The normalized spacial score (nSPS) is 11.8. The van der Waals surface area contributed by atoms with Gasteiger partial charge in [-0.15, -0.1) is 0 Å². The number of aromatic nitrogens is 2. The number of carbonyl (C=O) groups is 2. The minimum atomic E-state index is -0.423. The number of rotatable bonds is 7. The van der Waals surface area contributed by atoms with Crippen LogP contribution in [0.25, 0.3) is 10.9 Å². The Morgan fingerprint density at radius 1 is 1.13 bits per heavy atom. The molecule has 7 nitrogen and oxygen atoms in total. The maximum atomic E-state index is 13.0. The van der Waals surface area contributed by atoms with Crippen LogP contribution in [0, 0.1) is 6.92 Å². The van der Waals surface area contributed by atoms with Crippen LogP contribution in [0.5, 0.6) is 0 Å². The molecule has 30 heavy (non-hydrogen) atoms. The van der Waals surface area contributed by atoms with E-state index in [1.54, 1.807) is 23.1 Å². The van der Waals surface area contributed by atoms with E-state index in [4.69, 9.17) is 0 Å². The second-order valence-corrected chi connectivity index (χ2v) is 7.31. The van der Waals surface area contributed by atoms with Gasteiger partial charge in [0.2, 0.25) is 11.8 Å². The Morgan fingerprint density at radius 2 is 1.83 bits per heavy atom. The predicted octanol–water partition coefficient (Wildman–Crippen LogP) is 2.85. The number of aryl methyl sites for hydroxylation is 1. The number of carbonyl (C=O) groups excluding carboxylic acids is 2. The maximum absolute atomic E-state index is 13.0. The number of benzene rings is 2. The van der Waals surface area contributed by atoms with Crippen LogP contribution in [0.4, 0.5) is 0 Å². The van der Waals surface area contributed by atoms with Crippen molar-refractivity contribution >= 4 is 22.7 Å². The number of nitrogens with zero attached hydrogens (tertiary/aromatic N) is 2. The summed E-state index contributed by atoms with van der Waals surface area (Å²) in [5.41, 5.74) is 2.34. The lowest BCUT2D eigenvalue weighted by Crippen LogP contribution is -2.36. The van der Waals surface area contributed by atoms with Crippen LogP contribution in [0.2, 0.25) is 0 Å². The number of hydrogen-bond acceptors (Lipinski definition) is 4. The van der Waals surface area contributed by atoms with Crippen molar-refractivity contribution in [2.75, 3.05) is 6.54 Å². The molecule has 1 heterocycles. The van der Waals surface area contributed by atoms with Crippen molar-refractivity contribution in [3.8, 4) is 0 Å². The fourth-order valence-corrected chi connectivity index (χ4v) is 3.37. The number of hydrogen-bond donors (Lipinski definition) is 2. The Labute approximate surface area is 175 Å². The van der Waals surface area contributed by atoms with E-state index in [-0.39, 0.29) is 30.3 Å². The molecule has 156 valence electrons. The molecule has 0 radical (unpaired) electrons. The van der Waals surface area contributed by atoms with Gasteiger partial charge in [-0.25, -0.2) is 4.98 Å². The summed E-state index contributed by atoms with van der Waals surface area (Å²) >= 11 is 0. The highest BCUT2D eigenvalue weighted by molar-refractivity contribution is 5.79. The van der Waals surface area contributed by atoms with E-state index in [1.165, 1.54) is 6.92 Å². The van der Waals surface area contributed by atoms with Crippen molar-refractivity contribution in [3.05, 3.63) is 75.8 Å². The van der Waals surface area contributed by atoms with Crippen LogP contribution in [0.1, 0.15) is 43.3 Å². The molecule has 0 spiro atoms. The second-order valence-electron chi connectivity index (χ2n) is 7.31. The highest BCUT2D eigenvalue weighted by Gasteiger charge is 2.21. The first-order valence-corrected chi connectivity index (χ1v) is 9.96. The Kier molecular flexibility index (Phi) is 6.61. The van der Waals surface area contributed by atoms with Gasteiger partial charge in [0.1, 0.15) is 5.82 Å². The zero-order chi connectivity index (χ0) is 21.7. The number of aromatic amines is 1. The molecule has 0 saturated heterocycles. The smallest absolute Gasteiger partial charge is 0.258 e. The van der Waals surface area contributed by atoms with Gasteiger partial charge in [0.25, 0.3) is 5.56 Å². The van der Waals surface area contributed by atoms with Crippen molar-refractivity contribution in [3.63, 3.8) is 0 Å². The summed E-state index contributed by atoms with van der Waals surface area (Å²) in [4.78, 5) is 45.9. The third-order valence-corrected chi connectivity index (χ3v) is 4.97. The van der Waals surface area contributed by atoms with Crippen LogP contribution >= 0.6 is 0 Å². The second kappa shape index (κ2) is 9.35. The molecule has 0 saturated carbocycles. The molecular weight excluding hydrogens is 380 g/mol. The SMILES string of the molecule is CCN(Cc1nc2ccccc2c(=O)[nH]1)C(=O)C[C@H](NC(C)=O)c1ccc(C)cc1. The average Bonchev–Trinajstić information content (AvgIpc) is 2.71. The van der Waals surface area contributed by atoms with Gasteiger partial charge < -0.3 is 15.2 Å². The highest BCUT2D eigenvalue weighted by atomic mass is 16.2. The Morgan fingerprint density at radius 3 is 2.50 bits per heavy atom. The largest absolute Gasteiger partial charge is 0.349 e. The van der Waals surface area contributed by atoms with Crippen molar-refractivity contribution in [2.45, 2.75) is 39.8 Å². The monoisotopic (exact) mass is 406 g/mol. The fourth-order valence-electron chi connectivity index (χ4n) is 3.37. The standard InChI is InChI=1S/C23H26N4O3/c1-4-27(14-21-25-19-8-6-5-7-18(19)23(30)26-21)22(29)13-20(24-16(3)28)17-11-9-15(2)10-12-17/h5-12,20H,4,13-14H2,1-3H3,(H,24,28)(H,25,26,30)/t20-/m0/s1. The number of fused-ring (bicyclic) bond motifs is 1. The van der Waals surface area contributed by atoms with E-state index < -0.39 is 6.04 Å². The Balaban J connectivity index is 1.79. The van der Waals surface area contributed by atoms with Crippen LogP contribution in [-0.4, -0.2) is 33.2 Å². The molecule has 0 aliphatic heterocycles. The van der Waals surface area contributed by atoms with E-state index >= 15 is 0 Å². The van der Waals surface area contributed by atoms with Crippen LogP contribution in [0.3, 0.4) is 0 Å². The first kappa shape index (κ1) is 21.2. The Bertz CT molecular complexity index is 1110. The predicted molar refractivity (Wildman–Crippen MR) is 116 cm³/mol. The zero-order valence-corrected chi connectivity index (χ0v) is 17.4. The molecule has 3 rings (SSSR count). The third-order valence-electron chi connectivity index (χ3n) is 4.97. The van der Waals surface area contributed by atoms with Crippen molar-refractivity contribution in [1.82, 2.24) is 20.2 Å². The summed E-state index contributed by atoms with van der Waals surface area (Å²) in [6, 6.07) is 14.4. The van der Waals surface area contributed by atoms with Crippen LogP contribution in [0.15, 0.2) is 53.3 Å². The van der Waals surface area contributed by atoms with Gasteiger partial charge in [-0.1, -0.05) is 42.0 Å². The first-order chi connectivity index (χ1) is 14.4. The number of amides is 2. The van der Waals surface area contributed by atoms with E-state index in [1.807, 2.05) is 44.2 Å². The summed E-state index contributed by atoms with van der Waals surface area (Å²) in [6.07, 6.45) is 0.119. The van der Waals surface area contributed by atoms with Gasteiger partial charge in [0.05, 0.1) is 29.9 Å². The summed E-state index contributed by atoms with van der Waals surface area (Å²) in [7, 11) is 0. The van der Waals surface area contributed by atoms with E-state index in [0.29, 0.717) is 23.3 Å². The highest BCUT2D eigenvalue weighted by Crippen LogP contribution is 2.19. The summed E-state index contributed by atoms with van der Waals surface area (Å²) in [5.74, 6) is 0.102. The van der Waals surface area contributed by atoms with Gasteiger partial charge in [-0.3, -0.25) is 14.4 Å². The lowest BCUT2D eigenvalue weighted by atomic mass is 10.0. The number of nitrogens with one attached hydrogen (secondary N) is 2. The van der Waals surface area contributed by atoms with Gasteiger partial charge >= 0.3 is 0 Å². The fraction of sp³-hybridized carbons (Fsp3) is 0.304. The molecule has 1 atom stereocenters. The van der Waals surface area contributed by atoms with Crippen molar-refractivity contribution in [2.24, 2.45) is 0 Å². The molecule has 2 amide bonds. The topological polar surface area (TPSA) is 95.2 Å². The van der Waals surface area contributed by atoms with Crippen LogP contribution in [-0.2, 0) is 16.1 Å². The minimum absolute atomic E-state index is 0.119. The maximum Gasteiger partial charge on any atom is 0.258 e. The van der Waals surface area contributed by atoms with E-state index in [2.05, 4.69) is 15.3 Å². The minimum Gasteiger partial charge on any atom is -0.349 e. The van der Waals surface area contributed by atoms with Crippen molar-refractivity contribution in [1.29, 1.82) is 0 Å². The summed E-state index contributed by atoms with van der Waals surface area (Å²) < 4.78 is 0. The van der Waals surface area contributed by atoms with Gasteiger partial charge in [0.15, 0.2) is 0 Å². The average molecular weight is 406 g/mol. The molecule has 3 aromatic rings. The number of H-pyrrole nitrogens is 1. The van der Waals surface area contributed by atoms with Gasteiger partial charge in [0, 0.05) is 13.5 Å². The molecule has 7 heteroatoms. The summed E-state index contributed by atoms with van der Waals surface area (Å²) in [6.45, 7) is 5.94. The molecule has 1 aromatic heterocycles. The number of para-hydroxylation sites is 1. The molecule has 0 fully saturated rings.